The van der Waals surface area contributed by atoms with Crippen LogP contribution in [-0.2, 0) is 29.2 Å². The molecule has 2 bridgehead atoms. The maximum atomic E-state index is 12.9. The Morgan fingerprint density at radius 1 is 0.935 bits per heavy atom. The van der Waals surface area contributed by atoms with Crippen molar-refractivity contribution in [2.45, 2.75) is 61.2 Å². The van der Waals surface area contributed by atoms with Crippen LogP contribution in [0.3, 0.4) is 0 Å². The highest BCUT2D eigenvalue weighted by molar-refractivity contribution is 8.09. The highest BCUT2D eigenvalue weighted by Crippen LogP contribution is 2.44. The van der Waals surface area contributed by atoms with Gasteiger partial charge in [-0.1, -0.05) is 26.0 Å². The molecule has 0 N–H and O–H groups in total. The Hall–Kier alpha value is -1.31. The van der Waals surface area contributed by atoms with Gasteiger partial charge in [-0.05, 0) is 43.4 Å². The Bertz CT molecular complexity index is 876. The summed E-state index contributed by atoms with van der Waals surface area (Å²) in [7, 11) is -13.4. The van der Waals surface area contributed by atoms with E-state index in [1.165, 1.54) is 13.8 Å². The summed E-state index contributed by atoms with van der Waals surface area (Å²) in [5.74, 6) is -1.69. The Labute approximate surface area is 175 Å². The van der Waals surface area contributed by atoms with Crippen LogP contribution in [-0.4, -0.2) is 44.5 Å². The molecule has 4 atom stereocenters. The predicted molar refractivity (Wildman–Crippen MR) is 96.5 cm³/mol. The van der Waals surface area contributed by atoms with Crippen molar-refractivity contribution in [1.82, 2.24) is 0 Å². The van der Waals surface area contributed by atoms with Crippen molar-refractivity contribution < 1.29 is 52.7 Å². The summed E-state index contributed by atoms with van der Waals surface area (Å²) in [6.07, 6.45) is 1.42. The number of sulfone groups is 2. The first-order valence-electron chi connectivity index (χ1n) is 9.38. The fourth-order valence-corrected chi connectivity index (χ4v) is 7.37. The fraction of sp³-hybridized carbons (Fsp3) is 0.824. The molecule has 180 valence electrons. The minimum absolute atomic E-state index is 0.0747. The van der Waals surface area contributed by atoms with Gasteiger partial charge in [-0.15, -0.1) is 0 Å². The van der Waals surface area contributed by atoms with E-state index >= 15 is 0 Å². The van der Waals surface area contributed by atoms with E-state index in [2.05, 4.69) is 0 Å². The van der Waals surface area contributed by atoms with Gasteiger partial charge < -0.3 is 4.74 Å². The van der Waals surface area contributed by atoms with Crippen molar-refractivity contribution in [1.29, 1.82) is 0 Å². The molecule has 0 aromatic carbocycles. The van der Waals surface area contributed by atoms with Crippen LogP contribution in [0.4, 0.5) is 26.3 Å². The molecule has 14 heteroatoms. The average molecular weight is 500 g/mol. The molecule has 0 aromatic rings. The zero-order valence-electron chi connectivity index (χ0n) is 16.5. The first-order chi connectivity index (χ1) is 13.9. The molecule has 2 aliphatic rings. The summed E-state index contributed by atoms with van der Waals surface area (Å²) >= 11 is 0. The number of carbonyl (C=O) groups is 1. The normalized spacial score (nSPS) is 25.4. The molecule has 0 saturated heterocycles. The summed E-state index contributed by atoms with van der Waals surface area (Å²) in [6.45, 7) is 2.92. The van der Waals surface area contributed by atoms with Crippen LogP contribution >= 0.6 is 0 Å². The zero-order chi connectivity index (χ0) is 24.0. The topological polar surface area (TPSA) is 94.6 Å². The Balaban J connectivity index is 2.23. The summed E-state index contributed by atoms with van der Waals surface area (Å²) in [5.41, 5.74) is -12.4. The number of carbonyl (C=O) groups excluding carboxylic acids is 1. The molecule has 6 nitrogen and oxygen atoms in total. The largest absolute Gasteiger partial charge is 0.498 e. The van der Waals surface area contributed by atoms with E-state index in [1.54, 1.807) is 0 Å². The molecule has 0 aromatic heterocycles. The summed E-state index contributed by atoms with van der Waals surface area (Å²) in [6, 6.07) is 0. The molecule has 1 fully saturated rings. The number of esters is 1. The monoisotopic (exact) mass is 500 g/mol. The lowest BCUT2D eigenvalue weighted by atomic mass is 9.93. The molecule has 31 heavy (non-hydrogen) atoms. The number of hydrogen-bond acceptors (Lipinski definition) is 6. The quantitative estimate of drug-likeness (QED) is 0.286. The summed E-state index contributed by atoms with van der Waals surface area (Å²) < 4.78 is 125. The number of ether oxygens (including phenoxy) is 1. The lowest BCUT2D eigenvalue weighted by Gasteiger charge is -2.27. The average Bonchev–Trinajstić information content (AvgIpc) is 3.21. The SMILES string of the molecule is CC(C)C(CCC(S(=O)(=O)C(F)(F)F)S(=O)(=O)C(F)(F)F)OC(=O)C1CC2C=CC1C2. The maximum absolute atomic E-state index is 12.9. The Morgan fingerprint density at radius 3 is 1.81 bits per heavy atom. The Morgan fingerprint density at radius 2 is 1.45 bits per heavy atom. The van der Waals surface area contributed by atoms with Crippen LogP contribution in [0.1, 0.15) is 39.5 Å². The zero-order valence-corrected chi connectivity index (χ0v) is 18.1. The van der Waals surface area contributed by atoms with E-state index in [-0.39, 0.29) is 11.8 Å². The third-order valence-electron chi connectivity index (χ3n) is 5.62. The van der Waals surface area contributed by atoms with Gasteiger partial charge in [0.1, 0.15) is 6.10 Å². The van der Waals surface area contributed by atoms with E-state index in [4.69, 9.17) is 4.74 Å². The van der Waals surface area contributed by atoms with Crippen molar-refractivity contribution in [3.63, 3.8) is 0 Å². The van der Waals surface area contributed by atoms with Crippen molar-refractivity contribution >= 4 is 25.6 Å². The van der Waals surface area contributed by atoms with Gasteiger partial charge in [0.15, 0.2) is 4.58 Å². The molecule has 0 spiro atoms. The molecule has 0 amide bonds. The number of rotatable bonds is 8. The van der Waals surface area contributed by atoms with Crippen molar-refractivity contribution in [2.75, 3.05) is 0 Å². The molecule has 1 saturated carbocycles. The molecular formula is C17H22F6O6S2. The van der Waals surface area contributed by atoms with Crippen molar-refractivity contribution in [2.24, 2.45) is 23.7 Å². The number of alkyl halides is 6. The van der Waals surface area contributed by atoms with E-state index in [0.29, 0.717) is 6.42 Å². The number of hydrogen-bond donors (Lipinski definition) is 0. The smallest absolute Gasteiger partial charge is 0.462 e. The molecule has 0 aliphatic heterocycles. The lowest BCUT2D eigenvalue weighted by Crippen LogP contribution is -2.45. The van der Waals surface area contributed by atoms with Crippen molar-refractivity contribution in [3.8, 4) is 0 Å². The van der Waals surface area contributed by atoms with Crippen LogP contribution in [0.2, 0.25) is 0 Å². The minimum atomic E-state index is -6.71. The van der Waals surface area contributed by atoms with Gasteiger partial charge >= 0.3 is 17.0 Å². The molecular weight excluding hydrogens is 478 g/mol. The van der Waals surface area contributed by atoms with Crippen molar-refractivity contribution in [3.05, 3.63) is 12.2 Å². The number of halogens is 6. The molecule has 0 heterocycles. The third kappa shape index (κ3) is 5.20. The van der Waals surface area contributed by atoms with Gasteiger partial charge in [-0.25, -0.2) is 16.8 Å². The molecule has 2 aliphatic carbocycles. The second kappa shape index (κ2) is 8.56. The van der Waals surface area contributed by atoms with Crippen LogP contribution in [0.15, 0.2) is 12.2 Å². The maximum Gasteiger partial charge on any atom is 0.498 e. The van der Waals surface area contributed by atoms with Crippen LogP contribution in [0.25, 0.3) is 0 Å². The predicted octanol–water partition coefficient (Wildman–Crippen LogP) is 3.74. The molecule has 0 radical (unpaired) electrons. The third-order valence-corrected chi connectivity index (χ3v) is 10.3. The van der Waals surface area contributed by atoms with Gasteiger partial charge in [-0.2, -0.15) is 26.3 Å². The van der Waals surface area contributed by atoms with Gasteiger partial charge in [0.2, 0.25) is 0 Å². The fourth-order valence-electron chi connectivity index (χ4n) is 3.89. The van der Waals surface area contributed by atoms with Gasteiger partial charge in [-0.3, -0.25) is 4.79 Å². The van der Waals surface area contributed by atoms with E-state index in [1.807, 2.05) is 12.2 Å². The lowest BCUT2D eigenvalue weighted by molar-refractivity contribution is -0.157. The second-order valence-electron chi connectivity index (χ2n) is 8.09. The minimum Gasteiger partial charge on any atom is -0.462 e. The van der Waals surface area contributed by atoms with Gasteiger partial charge in [0, 0.05) is 0 Å². The standard InChI is InChI=1S/C17H22F6O6S2/c1-9(2)13(29-15(24)12-8-10-3-4-11(12)7-10)5-6-14(30(25,26)16(18,19)20)31(27,28)17(21,22)23/h3-4,9-14H,5-8H2,1-2H3. The van der Waals surface area contributed by atoms with Crippen LogP contribution in [0, 0.1) is 23.7 Å². The summed E-state index contributed by atoms with van der Waals surface area (Å²) in [4.78, 5) is 12.5. The van der Waals surface area contributed by atoms with Crippen LogP contribution < -0.4 is 0 Å². The van der Waals surface area contributed by atoms with E-state index in [9.17, 15) is 48.0 Å². The first kappa shape index (κ1) is 25.9. The van der Waals surface area contributed by atoms with Gasteiger partial charge in [0.05, 0.1) is 5.92 Å². The highest BCUT2D eigenvalue weighted by Gasteiger charge is 2.62. The van der Waals surface area contributed by atoms with E-state index < -0.39 is 72.0 Å². The highest BCUT2D eigenvalue weighted by atomic mass is 32.3. The number of fused-ring (bicyclic) bond motifs is 2. The van der Waals surface area contributed by atoms with Crippen LogP contribution in [0.5, 0.6) is 0 Å². The second-order valence-corrected chi connectivity index (χ2v) is 12.6. The van der Waals surface area contributed by atoms with Gasteiger partial charge in [0.25, 0.3) is 19.7 Å². The molecule has 4 unspecified atom stereocenters. The summed E-state index contributed by atoms with van der Waals surface area (Å²) in [5, 5.41) is 0. The number of allylic oxidation sites excluding steroid dienone is 2. The Kier molecular flexibility index (Phi) is 7.17. The first-order valence-corrected chi connectivity index (χ1v) is 12.5. The molecule has 2 rings (SSSR count). The van der Waals surface area contributed by atoms with E-state index in [0.717, 1.165) is 6.42 Å².